The Kier molecular flexibility index (Phi) is 12.0. The monoisotopic (exact) mass is 717 g/mol. The maximum atomic E-state index is 14.6. The van der Waals surface area contributed by atoms with Crippen LogP contribution < -0.4 is 25.8 Å². The maximum Gasteiger partial charge on any atom is 0.408 e. The van der Waals surface area contributed by atoms with E-state index in [0.29, 0.717) is 57.3 Å². The van der Waals surface area contributed by atoms with Gasteiger partial charge in [0.1, 0.15) is 17.6 Å². The first-order valence-electron chi connectivity index (χ1n) is 16.3. The molecule has 266 valence electrons. The number of primary amides is 1. The van der Waals surface area contributed by atoms with Crippen molar-refractivity contribution < 1.29 is 33.8 Å². The smallest absolute Gasteiger partial charge is 0.408 e. The Morgan fingerprint density at radius 3 is 2.37 bits per heavy atom. The van der Waals surface area contributed by atoms with Crippen LogP contribution in [0.15, 0.2) is 30.3 Å². The standard InChI is InChI=1S/C35H45Cl2N5O7/c1-7-18(3)27(31(38)43)40-33(45)35(13-12-25-23(16-35)22-14-21(36)15-24(37)28(22)39-25)41-32(44)29(19(4)8-2)42(34(46)47)17-20-10-9-11-26(48-5)30(20)49-6/h9-11,14-15,18-19,27,29,39H,7-8,12-13,16-17H2,1-6H3,(H2,38,43)(H,40,45)(H,41,44)(H,46,47)/t18?,19?,27-,29-,35+/m0/s1. The lowest BCUT2D eigenvalue weighted by atomic mass is 9.78. The Bertz CT molecular complexity index is 1730. The fraction of sp³-hybridized carbons (Fsp3) is 0.486. The summed E-state index contributed by atoms with van der Waals surface area (Å²) < 4.78 is 11.0. The van der Waals surface area contributed by atoms with Crippen molar-refractivity contribution in [3.8, 4) is 11.5 Å². The highest BCUT2D eigenvalue weighted by Gasteiger charge is 2.47. The lowest BCUT2D eigenvalue weighted by Crippen LogP contribution is -2.67. The lowest BCUT2D eigenvalue weighted by molar-refractivity contribution is -0.139. The summed E-state index contributed by atoms with van der Waals surface area (Å²) in [5, 5.41) is 17.9. The molecule has 2 unspecified atom stereocenters. The number of hydrogen-bond donors (Lipinski definition) is 5. The fourth-order valence-corrected chi connectivity index (χ4v) is 7.17. The number of fused-ring (bicyclic) bond motifs is 3. The van der Waals surface area contributed by atoms with Gasteiger partial charge in [0.15, 0.2) is 11.5 Å². The summed E-state index contributed by atoms with van der Waals surface area (Å²) in [6.07, 6.45) is 0.194. The van der Waals surface area contributed by atoms with Crippen molar-refractivity contribution in [2.45, 2.75) is 84.0 Å². The molecule has 49 heavy (non-hydrogen) atoms. The topological polar surface area (TPSA) is 176 Å². The fourth-order valence-electron chi connectivity index (χ4n) is 6.62. The second kappa shape index (κ2) is 15.6. The number of H-pyrrole nitrogens is 1. The molecule has 4 rings (SSSR count). The third kappa shape index (κ3) is 7.70. The van der Waals surface area contributed by atoms with E-state index < -0.39 is 47.4 Å². The number of amides is 4. The number of carbonyl (C=O) groups excluding carboxylic acids is 3. The summed E-state index contributed by atoms with van der Waals surface area (Å²) in [5.41, 5.74) is 6.86. The molecule has 2 aromatic carbocycles. The van der Waals surface area contributed by atoms with Gasteiger partial charge in [0, 0.05) is 28.1 Å². The van der Waals surface area contributed by atoms with Crippen molar-refractivity contribution >= 4 is 57.9 Å². The number of carbonyl (C=O) groups is 4. The number of aromatic amines is 1. The zero-order valence-corrected chi connectivity index (χ0v) is 30.1. The molecule has 0 saturated carbocycles. The summed E-state index contributed by atoms with van der Waals surface area (Å²) >= 11 is 12.9. The predicted octanol–water partition coefficient (Wildman–Crippen LogP) is 5.45. The molecule has 5 atom stereocenters. The van der Waals surface area contributed by atoms with Gasteiger partial charge in [-0.25, -0.2) is 4.79 Å². The molecule has 3 aromatic rings. The zero-order valence-electron chi connectivity index (χ0n) is 28.6. The number of aromatic nitrogens is 1. The quantitative estimate of drug-likeness (QED) is 0.147. The molecule has 1 aliphatic carbocycles. The number of aryl methyl sites for hydroxylation is 1. The largest absolute Gasteiger partial charge is 0.493 e. The molecule has 0 radical (unpaired) electrons. The Labute approximate surface area is 296 Å². The van der Waals surface area contributed by atoms with Crippen LogP contribution in [-0.4, -0.2) is 70.6 Å². The zero-order chi connectivity index (χ0) is 36.2. The van der Waals surface area contributed by atoms with Gasteiger partial charge in [-0.2, -0.15) is 0 Å². The summed E-state index contributed by atoms with van der Waals surface area (Å²) in [5.74, 6) is -1.96. The van der Waals surface area contributed by atoms with Crippen molar-refractivity contribution in [2.75, 3.05) is 14.2 Å². The highest BCUT2D eigenvalue weighted by molar-refractivity contribution is 6.38. The SMILES string of the molecule is CCC(C)[C@H](NC(=O)[C@@]1(NC(=O)[C@H](C(C)CC)N(Cc2cccc(OC)c2OC)C(=O)O)CCc2[nH]c3c(Cl)cc(Cl)cc3c2C1)C(N)=O. The van der Waals surface area contributed by atoms with E-state index in [2.05, 4.69) is 15.6 Å². The molecule has 1 aliphatic rings. The highest BCUT2D eigenvalue weighted by atomic mass is 35.5. The minimum absolute atomic E-state index is 0.0204. The Balaban J connectivity index is 1.81. The third-order valence-corrected chi connectivity index (χ3v) is 10.3. The molecule has 6 N–H and O–H groups in total. The van der Waals surface area contributed by atoms with Crippen LogP contribution in [0.2, 0.25) is 10.0 Å². The van der Waals surface area contributed by atoms with Gasteiger partial charge in [-0.1, -0.05) is 75.9 Å². The van der Waals surface area contributed by atoms with Gasteiger partial charge >= 0.3 is 6.09 Å². The van der Waals surface area contributed by atoms with Gasteiger partial charge in [-0.05, 0) is 48.4 Å². The molecule has 0 spiro atoms. The van der Waals surface area contributed by atoms with Gasteiger partial charge in [0.2, 0.25) is 17.7 Å². The van der Waals surface area contributed by atoms with Crippen molar-refractivity contribution in [1.29, 1.82) is 0 Å². The van der Waals surface area contributed by atoms with Crippen molar-refractivity contribution in [1.82, 2.24) is 20.5 Å². The number of rotatable bonds is 14. The van der Waals surface area contributed by atoms with E-state index in [1.807, 2.05) is 13.8 Å². The van der Waals surface area contributed by atoms with Crippen molar-refractivity contribution in [3.05, 3.63) is 57.2 Å². The van der Waals surface area contributed by atoms with Gasteiger partial charge in [-0.15, -0.1) is 0 Å². The second-order valence-corrected chi connectivity index (χ2v) is 13.6. The summed E-state index contributed by atoms with van der Waals surface area (Å²) in [6.45, 7) is 7.13. The Hall–Kier alpha value is -4.16. The van der Waals surface area contributed by atoms with E-state index in [-0.39, 0.29) is 25.3 Å². The van der Waals surface area contributed by atoms with Crippen LogP contribution >= 0.6 is 23.2 Å². The summed E-state index contributed by atoms with van der Waals surface area (Å²) in [4.78, 5) is 58.8. The van der Waals surface area contributed by atoms with Crippen molar-refractivity contribution in [3.63, 3.8) is 0 Å². The minimum Gasteiger partial charge on any atom is -0.493 e. The van der Waals surface area contributed by atoms with E-state index in [1.165, 1.54) is 14.2 Å². The van der Waals surface area contributed by atoms with Gasteiger partial charge in [-0.3, -0.25) is 19.3 Å². The van der Waals surface area contributed by atoms with Crippen LogP contribution in [0.1, 0.15) is 63.8 Å². The number of nitrogens with one attached hydrogen (secondary N) is 3. The first-order chi connectivity index (χ1) is 23.2. The summed E-state index contributed by atoms with van der Waals surface area (Å²) in [6, 6.07) is 6.25. The molecular formula is C35H45Cl2N5O7. The molecule has 1 heterocycles. The normalized spacial score (nSPS) is 18.0. The molecule has 4 amide bonds. The number of carboxylic acid groups (broad SMARTS) is 1. The van der Waals surface area contributed by atoms with Crippen LogP contribution in [0.5, 0.6) is 11.5 Å². The minimum atomic E-state index is -1.58. The Morgan fingerprint density at radius 2 is 1.78 bits per heavy atom. The molecule has 1 aromatic heterocycles. The molecule has 0 fully saturated rings. The highest BCUT2D eigenvalue weighted by Crippen LogP contribution is 2.39. The Morgan fingerprint density at radius 1 is 1.08 bits per heavy atom. The average Bonchev–Trinajstić information content (AvgIpc) is 3.43. The molecule has 0 bridgehead atoms. The number of benzene rings is 2. The van der Waals surface area contributed by atoms with Crippen LogP contribution in [-0.2, 0) is 33.8 Å². The summed E-state index contributed by atoms with van der Waals surface area (Å²) in [7, 11) is 2.93. The van der Waals surface area contributed by atoms with Gasteiger partial charge in [0.05, 0.1) is 31.3 Å². The van der Waals surface area contributed by atoms with Gasteiger partial charge in [0.25, 0.3) is 0 Å². The number of methoxy groups -OCH3 is 2. The number of halogens is 2. The molecular weight excluding hydrogens is 673 g/mol. The van der Waals surface area contributed by atoms with Crippen LogP contribution in [0.25, 0.3) is 10.9 Å². The number of nitrogens with zero attached hydrogens (tertiary/aromatic N) is 1. The molecule has 12 nitrogen and oxygen atoms in total. The van der Waals surface area contributed by atoms with Crippen LogP contribution in [0.4, 0.5) is 4.79 Å². The number of para-hydroxylation sites is 1. The van der Waals surface area contributed by atoms with Gasteiger partial charge < -0.3 is 35.9 Å². The molecule has 0 aliphatic heterocycles. The predicted molar refractivity (Wildman–Crippen MR) is 188 cm³/mol. The van der Waals surface area contributed by atoms with E-state index in [4.69, 9.17) is 38.4 Å². The van der Waals surface area contributed by atoms with E-state index in [9.17, 15) is 24.3 Å². The van der Waals surface area contributed by atoms with Crippen molar-refractivity contribution in [2.24, 2.45) is 17.6 Å². The lowest BCUT2D eigenvalue weighted by Gasteiger charge is -2.41. The number of nitrogens with two attached hydrogens (primary N) is 1. The maximum absolute atomic E-state index is 14.6. The molecule has 0 saturated heterocycles. The first kappa shape index (κ1) is 37.7. The number of ether oxygens (including phenoxy) is 2. The van der Waals surface area contributed by atoms with E-state index >= 15 is 0 Å². The average molecular weight is 719 g/mol. The van der Waals surface area contributed by atoms with E-state index in [1.54, 1.807) is 44.2 Å². The second-order valence-electron chi connectivity index (χ2n) is 12.8. The number of hydrogen-bond acceptors (Lipinski definition) is 6. The van der Waals surface area contributed by atoms with Crippen LogP contribution in [0.3, 0.4) is 0 Å². The van der Waals surface area contributed by atoms with Crippen LogP contribution in [0, 0.1) is 11.8 Å². The molecule has 14 heteroatoms. The first-order valence-corrected chi connectivity index (χ1v) is 17.1. The van der Waals surface area contributed by atoms with E-state index in [0.717, 1.165) is 16.2 Å². The third-order valence-electron chi connectivity index (χ3n) is 9.76.